The average molecular weight is 472 g/mol. The molecule has 3 aromatic heterocycles. The third-order valence-electron chi connectivity index (χ3n) is 6.19. The van der Waals surface area contributed by atoms with Gasteiger partial charge in [-0.2, -0.15) is 0 Å². The van der Waals surface area contributed by atoms with Crippen LogP contribution in [0.2, 0.25) is 5.15 Å². The van der Waals surface area contributed by atoms with Crippen LogP contribution in [0.1, 0.15) is 46.5 Å². The number of nitrogens with one attached hydrogen (secondary N) is 2. The highest BCUT2D eigenvalue weighted by molar-refractivity contribution is 6.29. The third-order valence-corrected chi connectivity index (χ3v) is 6.38. The Labute approximate surface area is 198 Å². The molecule has 1 saturated carbocycles. The Bertz CT molecular complexity index is 1150. The first kappa shape index (κ1) is 23.2. The van der Waals surface area contributed by atoms with Crippen molar-refractivity contribution in [3.05, 3.63) is 35.7 Å². The molecule has 0 bridgehead atoms. The molecule has 0 atom stereocenters. The van der Waals surface area contributed by atoms with Crippen LogP contribution in [0.15, 0.2) is 30.6 Å². The molecule has 0 radical (unpaired) electrons. The minimum atomic E-state index is -0.857. The molecule has 1 amide bonds. The third kappa shape index (κ3) is 5.00. The van der Waals surface area contributed by atoms with E-state index in [0.29, 0.717) is 16.7 Å². The smallest absolute Gasteiger partial charge is 0.407 e. The first-order valence-corrected chi connectivity index (χ1v) is 11.5. The molecule has 1 aliphatic carbocycles. The van der Waals surface area contributed by atoms with Gasteiger partial charge in [0.1, 0.15) is 22.4 Å². The van der Waals surface area contributed by atoms with Gasteiger partial charge in [-0.3, -0.25) is 0 Å². The number of methoxy groups -OCH3 is 1. The van der Waals surface area contributed by atoms with E-state index in [-0.39, 0.29) is 12.1 Å². The fourth-order valence-electron chi connectivity index (χ4n) is 4.74. The first-order chi connectivity index (χ1) is 15.7. The lowest BCUT2D eigenvalue weighted by atomic mass is 9.88. The van der Waals surface area contributed by atoms with Crippen LogP contribution in [0.25, 0.3) is 22.2 Å². The Morgan fingerprint density at radius 3 is 2.61 bits per heavy atom. The van der Waals surface area contributed by atoms with Gasteiger partial charge in [0.15, 0.2) is 0 Å². The van der Waals surface area contributed by atoms with Crippen molar-refractivity contribution in [3.63, 3.8) is 0 Å². The highest BCUT2D eigenvalue weighted by Crippen LogP contribution is 2.34. The molecular formula is C24H30ClN5O3. The topological polar surface area (TPSA) is 103 Å². The number of halogens is 1. The van der Waals surface area contributed by atoms with Crippen LogP contribution in [0.3, 0.4) is 0 Å². The Kier molecular flexibility index (Phi) is 6.38. The van der Waals surface area contributed by atoms with E-state index in [1.165, 1.54) is 0 Å². The molecule has 0 unspecified atom stereocenters. The fourth-order valence-corrected chi connectivity index (χ4v) is 4.95. The number of aromatic nitrogens is 3. The van der Waals surface area contributed by atoms with Crippen LogP contribution < -0.4 is 10.1 Å². The molecule has 176 valence electrons. The van der Waals surface area contributed by atoms with Crippen LogP contribution in [0, 0.1) is 0 Å². The lowest BCUT2D eigenvalue weighted by Crippen LogP contribution is -2.52. The Balaban J connectivity index is 1.51. The van der Waals surface area contributed by atoms with Gasteiger partial charge in [0.25, 0.3) is 0 Å². The highest BCUT2D eigenvalue weighted by Gasteiger charge is 2.35. The second kappa shape index (κ2) is 9.09. The van der Waals surface area contributed by atoms with Crippen molar-refractivity contribution in [1.82, 2.24) is 19.9 Å². The van der Waals surface area contributed by atoms with E-state index in [1.807, 2.05) is 45.2 Å². The first-order valence-electron chi connectivity index (χ1n) is 11.1. The number of fused-ring (bicyclic) bond motifs is 1. The van der Waals surface area contributed by atoms with E-state index in [2.05, 4.69) is 20.3 Å². The number of H-pyrrole nitrogens is 1. The van der Waals surface area contributed by atoms with Gasteiger partial charge in [0, 0.05) is 34.8 Å². The maximum absolute atomic E-state index is 11.8. The molecule has 9 heteroatoms. The van der Waals surface area contributed by atoms with Gasteiger partial charge in [-0.15, -0.1) is 0 Å². The van der Waals surface area contributed by atoms with Gasteiger partial charge in [0.2, 0.25) is 0 Å². The van der Waals surface area contributed by atoms with Crippen LogP contribution >= 0.6 is 11.6 Å². The van der Waals surface area contributed by atoms with Crippen molar-refractivity contribution in [2.45, 2.75) is 64.1 Å². The number of carboxylic acid groups (broad SMARTS) is 1. The standard InChI is InChI=1S/C24H30ClN5O3/c1-24(2,3)30(23(31)32)16-7-5-15(6-8-16)28-21-10-14(9-20(25)29-21)19-13-27-22-18(19)11-17(33-4)12-26-22/h9-13,15-16H,5-8H2,1-4H3,(H,26,27)(H,28,29)(H,31,32). The quantitative estimate of drug-likeness (QED) is 0.407. The van der Waals surface area contributed by atoms with E-state index in [4.69, 9.17) is 16.3 Å². The van der Waals surface area contributed by atoms with Crippen molar-refractivity contribution >= 4 is 34.5 Å². The van der Waals surface area contributed by atoms with Gasteiger partial charge in [-0.1, -0.05) is 11.6 Å². The minimum absolute atomic E-state index is 0.0251. The van der Waals surface area contributed by atoms with Crippen LogP contribution in [-0.2, 0) is 0 Å². The lowest BCUT2D eigenvalue weighted by molar-refractivity contribution is 0.0556. The summed E-state index contributed by atoms with van der Waals surface area (Å²) in [5, 5.41) is 14.5. The molecule has 1 aliphatic rings. The fraction of sp³-hybridized carbons (Fsp3) is 0.458. The summed E-state index contributed by atoms with van der Waals surface area (Å²) in [6, 6.07) is 6.00. The maximum atomic E-state index is 11.8. The summed E-state index contributed by atoms with van der Waals surface area (Å²) in [6.45, 7) is 5.83. The van der Waals surface area contributed by atoms with Crippen molar-refractivity contribution in [2.24, 2.45) is 0 Å². The minimum Gasteiger partial charge on any atom is -0.495 e. The molecule has 3 N–H and O–H groups in total. The number of rotatable bonds is 5. The monoisotopic (exact) mass is 471 g/mol. The molecule has 1 fully saturated rings. The van der Waals surface area contributed by atoms with Crippen LogP contribution in [0.5, 0.6) is 5.75 Å². The normalized spacial score (nSPS) is 18.8. The molecule has 33 heavy (non-hydrogen) atoms. The Morgan fingerprint density at radius 2 is 1.97 bits per heavy atom. The maximum Gasteiger partial charge on any atom is 0.407 e. The highest BCUT2D eigenvalue weighted by atomic mass is 35.5. The molecule has 3 heterocycles. The lowest BCUT2D eigenvalue weighted by Gasteiger charge is -2.42. The number of hydrogen-bond acceptors (Lipinski definition) is 5. The number of pyridine rings is 2. The molecule has 0 saturated heterocycles. The Morgan fingerprint density at radius 1 is 1.24 bits per heavy atom. The molecule has 4 rings (SSSR count). The summed E-state index contributed by atoms with van der Waals surface area (Å²) in [7, 11) is 1.62. The van der Waals surface area contributed by atoms with Gasteiger partial charge in [0.05, 0.1) is 13.3 Å². The van der Waals surface area contributed by atoms with Crippen LogP contribution in [0.4, 0.5) is 10.6 Å². The zero-order valence-corrected chi connectivity index (χ0v) is 20.1. The van der Waals surface area contributed by atoms with Crippen molar-refractivity contribution in [1.29, 1.82) is 0 Å². The zero-order chi connectivity index (χ0) is 23.8. The van der Waals surface area contributed by atoms with Gasteiger partial charge in [-0.05, 0) is 70.2 Å². The number of aromatic amines is 1. The van der Waals surface area contributed by atoms with Gasteiger partial charge in [-0.25, -0.2) is 14.8 Å². The molecule has 3 aromatic rings. The van der Waals surface area contributed by atoms with E-state index in [9.17, 15) is 9.90 Å². The summed E-state index contributed by atoms with van der Waals surface area (Å²) in [4.78, 5) is 25.5. The van der Waals surface area contributed by atoms with Gasteiger partial charge < -0.3 is 25.0 Å². The largest absolute Gasteiger partial charge is 0.495 e. The number of nitrogens with zero attached hydrogens (tertiary/aromatic N) is 3. The number of amides is 1. The van der Waals surface area contributed by atoms with Gasteiger partial charge >= 0.3 is 6.09 Å². The molecule has 0 aromatic carbocycles. The predicted molar refractivity (Wildman–Crippen MR) is 130 cm³/mol. The van der Waals surface area contributed by atoms with E-state index in [0.717, 1.165) is 47.8 Å². The predicted octanol–water partition coefficient (Wildman–Crippen LogP) is 5.79. The van der Waals surface area contributed by atoms with Crippen molar-refractivity contribution in [3.8, 4) is 16.9 Å². The molecule has 0 aliphatic heterocycles. The zero-order valence-electron chi connectivity index (χ0n) is 19.4. The molecule has 0 spiro atoms. The van der Waals surface area contributed by atoms with E-state index in [1.54, 1.807) is 18.2 Å². The van der Waals surface area contributed by atoms with Crippen molar-refractivity contribution < 1.29 is 14.6 Å². The van der Waals surface area contributed by atoms with E-state index >= 15 is 0 Å². The second-order valence-electron chi connectivity index (χ2n) is 9.51. The summed E-state index contributed by atoms with van der Waals surface area (Å²) in [5.74, 6) is 1.39. The summed E-state index contributed by atoms with van der Waals surface area (Å²) in [5.41, 5.74) is 2.25. The summed E-state index contributed by atoms with van der Waals surface area (Å²) in [6.07, 6.45) is 6.07. The molecular weight excluding hydrogens is 442 g/mol. The second-order valence-corrected chi connectivity index (χ2v) is 9.90. The van der Waals surface area contributed by atoms with E-state index < -0.39 is 11.6 Å². The number of hydrogen-bond donors (Lipinski definition) is 3. The summed E-state index contributed by atoms with van der Waals surface area (Å²) < 4.78 is 5.32. The Hall–Kier alpha value is -3.00. The SMILES string of the molecule is COc1cnc2[nH]cc(-c3cc(Cl)nc(NC4CCC(N(C(=O)O)C(C)(C)C)CC4)c3)c2c1. The molecule has 8 nitrogen and oxygen atoms in total. The average Bonchev–Trinajstić information content (AvgIpc) is 3.16. The van der Waals surface area contributed by atoms with Crippen LogP contribution in [-0.4, -0.2) is 55.8 Å². The number of anilines is 1. The summed E-state index contributed by atoms with van der Waals surface area (Å²) >= 11 is 6.37. The number of ether oxygens (including phenoxy) is 1. The van der Waals surface area contributed by atoms with Crippen molar-refractivity contribution in [2.75, 3.05) is 12.4 Å². The number of carbonyl (C=O) groups is 1.